The van der Waals surface area contributed by atoms with Crippen LogP contribution in [0.25, 0.3) is 0 Å². The Bertz CT molecular complexity index is 244. The number of thiazole rings is 1. The van der Waals surface area contributed by atoms with Crippen LogP contribution < -0.4 is 4.48 Å². The molecule has 1 rings (SSSR count). The van der Waals surface area contributed by atoms with E-state index in [0.717, 1.165) is 16.2 Å². The molecule has 0 spiro atoms. The Kier molecular flexibility index (Phi) is 2.15. The van der Waals surface area contributed by atoms with Gasteiger partial charge < -0.3 is 5.11 Å². The average Bonchev–Trinajstić information content (AvgIpc) is 2.36. The second kappa shape index (κ2) is 2.79. The summed E-state index contributed by atoms with van der Waals surface area (Å²) in [6, 6.07) is 0. The molecular weight excluding hydrogens is 160 g/mol. The molecule has 0 saturated carbocycles. The van der Waals surface area contributed by atoms with Crippen LogP contribution in [0.15, 0.2) is 5.38 Å². The van der Waals surface area contributed by atoms with Crippen molar-refractivity contribution in [3.8, 4) is 5.88 Å². The number of hydrogen-bond donors (Lipinski definition) is 1. The maximum Gasteiger partial charge on any atom is 0.289 e. The molecule has 0 aliphatic heterocycles. The Labute approximate surface area is 70.5 Å². The van der Waals surface area contributed by atoms with Gasteiger partial charge in [-0.2, -0.15) is 0 Å². The molecule has 0 amide bonds. The molecule has 11 heavy (non-hydrogen) atoms. The summed E-state index contributed by atoms with van der Waals surface area (Å²) in [7, 11) is 4.14. The van der Waals surface area contributed by atoms with Crippen LogP contribution in [-0.2, 0) is 0 Å². The normalized spacial score (nSPS) is 11.9. The van der Waals surface area contributed by atoms with Crippen molar-refractivity contribution in [2.75, 3.05) is 20.6 Å². The summed E-state index contributed by atoms with van der Waals surface area (Å²) in [6.45, 7) is 3.07. The van der Waals surface area contributed by atoms with Gasteiger partial charge in [0.1, 0.15) is 0 Å². The van der Waals surface area contributed by atoms with Crippen LogP contribution in [0.2, 0.25) is 0 Å². The van der Waals surface area contributed by atoms with Gasteiger partial charge in [-0.3, -0.25) is 4.48 Å². The number of rotatable bonds is 2. The SMILES string of the molecule is CC[N+](C)(C)c1nc(O)cs1. The zero-order valence-corrected chi connectivity index (χ0v) is 7.85. The Morgan fingerprint density at radius 3 is 2.64 bits per heavy atom. The average molecular weight is 173 g/mol. The fraction of sp³-hybridized carbons (Fsp3) is 0.571. The van der Waals surface area contributed by atoms with Gasteiger partial charge in [0.25, 0.3) is 5.13 Å². The fourth-order valence-corrected chi connectivity index (χ4v) is 1.49. The highest BCUT2D eigenvalue weighted by atomic mass is 32.1. The molecule has 0 aliphatic carbocycles. The molecule has 0 saturated heterocycles. The monoisotopic (exact) mass is 173 g/mol. The van der Waals surface area contributed by atoms with Crippen molar-refractivity contribution in [1.82, 2.24) is 9.47 Å². The zero-order valence-electron chi connectivity index (χ0n) is 7.03. The van der Waals surface area contributed by atoms with Crippen molar-refractivity contribution >= 4 is 16.5 Å². The lowest BCUT2D eigenvalue weighted by molar-refractivity contribution is 0.406. The summed E-state index contributed by atoms with van der Waals surface area (Å²) in [5.41, 5.74) is 0. The number of quaternary nitrogens is 1. The molecule has 3 nitrogen and oxygen atoms in total. The molecule has 0 fully saturated rings. The molecule has 1 N–H and O–H groups in total. The second-order valence-electron chi connectivity index (χ2n) is 2.99. The van der Waals surface area contributed by atoms with E-state index in [0.29, 0.717) is 0 Å². The van der Waals surface area contributed by atoms with Crippen LogP contribution in [-0.4, -0.2) is 30.7 Å². The van der Waals surface area contributed by atoms with Gasteiger partial charge in [0.2, 0.25) is 5.88 Å². The first-order valence-electron chi connectivity index (χ1n) is 3.54. The third-order valence-corrected chi connectivity index (χ3v) is 2.91. The largest absolute Gasteiger partial charge is 0.493 e. The molecule has 62 valence electrons. The minimum atomic E-state index is 0.129. The van der Waals surface area contributed by atoms with Gasteiger partial charge in [0, 0.05) is 0 Å². The van der Waals surface area contributed by atoms with E-state index >= 15 is 0 Å². The lowest BCUT2D eigenvalue weighted by atomic mass is 10.5. The van der Waals surface area contributed by atoms with E-state index in [9.17, 15) is 0 Å². The lowest BCUT2D eigenvalue weighted by Crippen LogP contribution is -2.39. The predicted octanol–water partition coefficient (Wildman–Crippen LogP) is 1.44. The standard InChI is InChI=1S/C7H12N2OS/c1-4-9(2,3)7-8-6(10)5-11-7/h5H,4H2,1-3H3/p+1. The first-order valence-corrected chi connectivity index (χ1v) is 4.42. The number of nitrogens with zero attached hydrogens (tertiary/aromatic N) is 2. The Morgan fingerprint density at radius 2 is 2.27 bits per heavy atom. The molecular formula is C7H13N2OS+. The molecule has 0 unspecified atom stereocenters. The van der Waals surface area contributed by atoms with E-state index < -0.39 is 0 Å². The first-order chi connectivity index (χ1) is 5.06. The number of aromatic nitrogens is 1. The minimum Gasteiger partial charge on any atom is -0.493 e. The zero-order chi connectivity index (χ0) is 8.48. The van der Waals surface area contributed by atoms with Gasteiger partial charge in [-0.05, 0) is 6.92 Å². The highest BCUT2D eigenvalue weighted by molar-refractivity contribution is 7.13. The van der Waals surface area contributed by atoms with Crippen LogP contribution in [0.1, 0.15) is 6.92 Å². The summed E-state index contributed by atoms with van der Waals surface area (Å²) in [5, 5.41) is 11.6. The van der Waals surface area contributed by atoms with E-state index in [2.05, 4.69) is 26.0 Å². The number of hydrogen-bond acceptors (Lipinski definition) is 3. The van der Waals surface area contributed by atoms with Crippen LogP contribution in [0.5, 0.6) is 5.88 Å². The predicted molar refractivity (Wildman–Crippen MR) is 48.0 cm³/mol. The van der Waals surface area contributed by atoms with Gasteiger partial charge in [-0.1, -0.05) is 11.3 Å². The smallest absolute Gasteiger partial charge is 0.289 e. The topological polar surface area (TPSA) is 33.1 Å². The molecule has 0 bridgehead atoms. The van der Waals surface area contributed by atoms with Gasteiger partial charge in [0.15, 0.2) is 0 Å². The third kappa shape index (κ3) is 1.70. The van der Waals surface area contributed by atoms with Crippen molar-refractivity contribution in [3.63, 3.8) is 0 Å². The van der Waals surface area contributed by atoms with E-state index in [1.165, 1.54) is 11.3 Å². The fourth-order valence-electron chi connectivity index (χ4n) is 0.669. The van der Waals surface area contributed by atoms with E-state index in [1.807, 2.05) is 0 Å². The Morgan fingerprint density at radius 1 is 1.64 bits per heavy atom. The van der Waals surface area contributed by atoms with Gasteiger partial charge in [-0.25, -0.2) is 0 Å². The molecule has 0 aromatic carbocycles. The molecule has 1 heterocycles. The van der Waals surface area contributed by atoms with Crippen molar-refractivity contribution < 1.29 is 5.11 Å². The molecule has 1 aromatic heterocycles. The van der Waals surface area contributed by atoms with Crippen molar-refractivity contribution in [2.24, 2.45) is 0 Å². The summed E-state index contributed by atoms with van der Waals surface area (Å²) in [5.74, 6) is 0.129. The summed E-state index contributed by atoms with van der Waals surface area (Å²) >= 11 is 1.49. The molecule has 0 atom stereocenters. The summed E-state index contributed by atoms with van der Waals surface area (Å²) in [6.07, 6.45) is 0. The van der Waals surface area contributed by atoms with Gasteiger partial charge in [0.05, 0.1) is 26.0 Å². The van der Waals surface area contributed by atoms with Crippen molar-refractivity contribution in [1.29, 1.82) is 0 Å². The summed E-state index contributed by atoms with van der Waals surface area (Å²) in [4.78, 5) is 4.00. The maximum atomic E-state index is 9.00. The third-order valence-electron chi connectivity index (χ3n) is 1.79. The number of aromatic hydroxyl groups is 1. The Hall–Kier alpha value is -0.610. The van der Waals surface area contributed by atoms with Crippen LogP contribution in [0.3, 0.4) is 0 Å². The van der Waals surface area contributed by atoms with Crippen molar-refractivity contribution in [2.45, 2.75) is 6.92 Å². The van der Waals surface area contributed by atoms with Crippen LogP contribution in [0.4, 0.5) is 5.13 Å². The first kappa shape index (κ1) is 8.49. The van der Waals surface area contributed by atoms with Crippen molar-refractivity contribution in [3.05, 3.63) is 5.38 Å². The minimum absolute atomic E-state index is 0.129. The Balaban J connectivity index is 2.92. The maximum absolute atomic E-state index is 9.00. The second-order valence-corrected chi connectivity index (χ2v) is 3.83. The molecule has 0 aliphatic rings. The summed E-state index contributed by atoms with van der Waals surface area (Å²) < 4.78 is 0.727. The highest BCUT2D eigenvalue weighted by Gasteiger charge is 2.20. The highest BCUT2D eigenvalue weighted by Crippen LogP contribution is 2.26. The lowest BCUT2D eigenvalue weighted by Gasteiger charge is -2.23. The van der Waals surface area contributed by atoms with Crippen LogP contribution >= 0.6 is 11.3 Å². The van der Waals surface area contributed by atoms with Gasteiger partial charge in [-0.15, -0.1) is 4.98 Å². The van der Waals surface area contributed by atoms with E-state index in [-0.39, 0.29) is 5.88 Å². The van der Waals surface area contributed by atoms with Gasteiger partial charge >= 0.3 is 0 Å². The molecule has 0 radical (unpaired) electrons. The molecule has 4 heteroatoms. The quantitative estimate of drug-likeness (QED) is 0.686. The van der Waals surface area contributed by atoms with E-state index in [4.69, 9.17) is 5.11 Å². The van der Waals surface area contributed by atoms with E-state index in [1.54, 1.807) is 5.38 Å². The van der Waals surface area contributed by atoms with Crippen LogP contribution in [0, 0.1) is 0 Å². The molecule has 1 aromatic rings.